The van der Waals surface area contributed by atoms with Gasteiger partial charge in [-0.2, -0.15) is 0 Å². The highest BCUT2D eigenvalue weighted by Crippen LogP contribution is 2.19. The van der Waals surface area contributed by atoms with E-state index in [4.69, 9.17) is 4.42 Å². The van der Waals surface area contributed by atoms with Gasteiger partial charge < -0.3 is 20.2 Å². The molecule has 3 aromatic rings. The molecule has 10 nitrogen and oxygen atoms in total. The first kappa shape index (κ1) is 25.3. The van der Waals surface area contributed by atoms with Crippen LogP contribution in [-0.2, 0) is 14.8 Å². The Morgan fingerprint density at radius 3 is 2.50 bits per heavy atom. The Balaban J connectivity index is 1.55. The van der Waals surface area contributed by atoms with Gasteiger partial charge in [0.25, 0.3) is 15.9 Å². The number of sulfonamides is 1. The Morgan fingerprint density at radius 2 is 1.82 bits per heavy atom. The fourth-order valence-electron chi connectivity index (χ4n) is 3.23. The van der Waals surface area contributed by atoms with E-state index in [1.807, 2.05) is 26.0 Å². The van der Waals surface area contributed by atoms with Crippen LogP contribution in [0.3, 0.4) is 0 Å². The summed E-state index contributed by atoms with van der Waals surface area (Å²) >= 11 is 0. The van der Waals surface area contributed by atoms with Crippen LogP contribution in [0.2, 0.25) is 0 Å². The number of furan rings is 1. The number of amides is 2. The summed E-state index contributed by atoms with van der Waals surface area (Å²) in [5.74, 6) is -0.834. The highest BCUT2D eigenvalue weighted by Gasteiger charge is 2.25. The number of nitrogens with one attached hydrogen (secondary N) is 3. The summed E-state index contributed by atoms with van der Waals surface area (Å²) in [7, 11) is -3.89. The molecule has 2 atom stereocenters. The van der Waals surface area contributed by atoms with Gasteiger partial charge in [0.1, 0.15) is 11.6 Å². The number of pyridine rings is 1. The molecule has 0 aliphatic carbocycles. The maximum atomic E-state index is 12.7. The number of aliphatic hydroxyl groups excluding tert-OH is 1. The summed E-state index contributed by atoms with van der Waals surface area (Å²) in [5.41, 5.74) is 0.564. The summed E-state index contributed by atoms with van der Waals surface area (Å²) in [6, 6.07) is 12.4. The van der Waals surface area contributed by atoms with Crippen LogP contribution in [0.1, 0.15) is 30.8 Å². The summed E-state index contributed by atoms with van der Waals surface area (Å²) in [6.07, 6.45) is 0.521. The zero-order chi connectivity index (χ0) is 24.7. The Hall–Kier alpha value is -3.28. The van der Waals surface area contributed by atoms with E-state index in [1.165, 1.54) is 18.3 Å². The number of carbonyl (C=O) groups is 2. The van der Waals surface area contributed by atoms with Crippen LogP contribution in [0.15, 0.2) is 64.2 Å². The number of aliphatic hydroxyl groups is 1. The maximum Gasteiger partial charge on any atom is 0.287 e. The van der Waals surface area contributed by atoms with Crippen molar-refractivity contribution in [2.45, 2.75) is 37.4 Å². The summed E-state index contributed by atoms with van der Waals surface area (Å²) in [4.78, 5) is 29.2. The van der Waals surface area contributed by atoms with Crippen LogP contribution in [-0.4, -0.2) is 55.6 Å². The second-order valence-electron chi connectivity index (χ2n) is 8.22. The summed E-state index contributed by atoms with van der Waals surface area (Å²) in [6.45, 7) is 3.29. The molecule has 0 saturated carbocycles. The molecule has 3 rings (SSSR count). The van der Waals surface area contributed by atoms with Gasteiger partial charge >= 0.3 is 0 Å². The molecule has 11 heteroatoms. The number of rotatable bonds is 11. The fraction of sp³-hybridized carbons (Fsp3) is 0.348. The van der Waals surface area contributed by atoms with Crippen LogP contribution < -0.4 is 15.4 Å². The normalized spacial score (nSPS) is 13.5. The van der Waals surface area contributed by atoms with Crippen molar-refractivity contribution in [1.82, 2.24) is 20.3 Å². The molecule has 2 amide bonds. The third-order valence-electron chi connectivity index (χ3n) is 4.91. The quantitative estimate of drug-likeness (QED) is 0.319. The van der Waals surface area contributed by atoms with Gasteiger partial charge in [-0.15, -0.1) is 0 Å². The molecular formula is C23H28N4O6S. The van der Waals surface area contributed by atoms with E-state index in [-0.39, 0.29) is 29.8 Å². The number of aromatic nitrogens is 1. The van der Waals surface area contributed by atoms with E-state index in [0.717, 1.165) is 5.39 Å². The molecule has 2 heterocycles. The monoisotopic (exact) mass is 488 g/mol. The van der Waals surface area contributed by atoms with Crippen LogP contribution in [0.25, 0.3) is 11.0 Å². The van der Waals surface area contributed by atoms with Gasteiger partial charge in [0.15, 0.2) is 10.8 Å². The number of fused-ring (bicyclic) bond motifs is 1. The van der Waals surface area contributed by atoms with Crippen LogP contribution in [0.5, 0.6) is 0 Å². The van der Waals surface area contributed by atoms with Crippen molar-refractivity contribution in [3.8, 4) is 0 Å². The largest absolute Gasteiger partial charge is 0.451 e. The molecule has 1 aromatic carbocycles. The predicted molar refractivity (Wildman–Crippen MR) is 125 cm³/mol. The topological polar surface area (TPSA) is 151 Å². The summed E-state index contributed by atoms with van der Waals surface area (Å²) in [5, 5.41) is 16.0. The molecule has 0 spiro atoms. The molecule has 0 saturated heterocycles. The van der Waals surface area contributed by atoms with Gasteiger partial charge in [-0.25, -0.2) is 18.1 Å². The van der Waals surface area contributed by atoms with E-state index in [1.54, 1.807) is 24.3 Å². The second-order valence-corrected chi connectivity index (χ2v) is 9.94. The fourth-order valence-corrected chi connectivity index (χ4v) is 4.24. The van der Waals surface area contributed by atoms with Gasteiger partial charge in [0.2, 0.25) is 5.91 Å². The predicted octanol–water partition coefficient (Wildman–Crippen LogP) is 1.43. The molecular weight excluding hydrogens is 460 g/mol. The number of para-hydroxylation sites is 1. The zero-order valence-corrected chi connectivity index (χ0v) is 19.7. The van der Waals surface area contributed by atoms with Crippen molar-refractivity contribution in [3.63, 3.8) is 0 Å². The first-order valence-electron chi connectivity index (χ1n) is 10.8. The molecule has 0 bridgehead atoms. The van der Waals surface area contributed by atoms with Crippen molar-refractivity contribution in [2.24, 2.45) is 5.92 Å². The average Bonchev–Trinajstić information content (AvgIpc) is 3.25. The second kappa shape index (κ2) is 11.2. The molecule has 0 aliphatic rings. The molecule has 0 radical (unpaired) electrons. The summed E-state index contributed by atoms with van der Waals surface area (Å²) < 4.78 is 32.2. The van der Waals surface area contributed by atoms with Crippen molar-refractivity contribution >= 4 is 32.8 Å². The molecule has 2 aromatic heterocycles. The van der Waals surface area contributed by atoms with Gasteiger partial charge in [-0.1, -0.05) is 38.1 Å². The highest BCUT2D eigenvalue weighted by molar-refractivity contribution is 7.89. The van der Waals surface area contributed by atoms with Gasteiger partial charge in [0.05, 0.1) is 6.10 Å². The Labute approximate surface area is 197 Å². The van der Waals surface area contributed by atoms with E-state index < -0.39 is 34.0 Å². The number of hydrogen-bond acceptors (Lipinski definition) is 7. The molecule has 4 N–H and O–H groups in total. The first-order chi connectivity index (χ1) is 16.2. The number of hydrogen-bond donors (Lipinski definition) is 4. The van der Waals surface area contributed by atoms with Crippen molar-refractivity contribution < 1.29 is 27.5 Å². The SMILES string of the molecule is CC(C)C[C@H](NC(=O)c1cc2ccccc2o1)C(=O)NCC(O)CNS(=O)(=O)c1ccccn1. The van der Waals surface area contributed by atoms with Crippen LogP contribution in [0.4, 0.5) is 0 Å². The Morgan fingerprint density at radius 1 is 1.09 bits per heavy atom. The number of benzene rings is 1. The smallest absolute Gasteiger partial charge is 0.287 e. The lowest BCUT2D eigenvalue weighted by molar-refractivity contribution is -0.123. The maximum absolute atomic E-state index is 12.7. The van der Waals surface area contributed by atoms with Crippen molar-refractivity contribution in [3.05, 3.63) is 60.5 Å². The van der Waals surface area contributed by atoms with Crippen LogP contribution in [0, 0.1) is 5.92 Å². The third kappa shape index (κ3) is 6.86. The lowest BCUT2D eigenvalue weighted by atomic mass is 10.0. The highest BCUT2D eigenvalue weighted by atomic mass is 32.2. The zero-order valence-electron chi connectivity index (χ0n) is 18.9. The number of carbonyl (C=O) groups excluding carboxylic acids is 2. The van der Waals surface area contributed by atoms with Crippen LogP contribution >= 0.6 is 0 Å². The Kier molecular flexibility index (Phi) is 8.37. The minimum absolute atomic E-state index is 0.0896. The van der Waals surface area contributed by atoms with E-state index in [9.17, 15) is 23.1 Å². The van der Waals surface area contributed by atoms with Gasteiger partial charge in [-0.3, -0.25) is 9.59 Å². The van der Waals surface area contributed by atoms with E-state index in [2.05, 4.69) is 20.3 Å². The Bertz CT molecular complexity index is 1190. The minimum atomic E-state index is -3.89. The lowest BCUT2D eigenvalue weighted by Gasteiger charge is -2.21. The first-order valence-corrected chi connectivity index (χ1v) is 12.3. The molecule has 0 fully saturated rings. The molecule has 182 valence electrons. The van der Waals surface area contributed by atoms with Crippen molar-refractivity contribution in [1.29, 1.82) is 0 Å². The van der Waals surface area contributed by atoms with Gasteiger partial charge in [-0.05, 0) is 36.6 Å². The van der Waals surface area contributed by atoms with Gasteiger partial charge in [0, 0.05) is 24.7 Å². The molecule has 34 heavy (non-hydrogen) atoms. The average molecular weight is 489 g/mol. The minimum Gasteiger partial charge on any atom is -0.451 e. The molecule has 1 unspecified atom stereocenters. The molecule has 0 aliphatic heterocycles. The van der Waals surface area contributed by atoms with E-state index >= 15 is 0 Å². The number of nitrogens with zero attached hydrogens (tertiary/aromatic N) is 1. The van der Waals surface area contributed by atoms with E-state index in [0.29, 0.717) is 12.0 Å². The standard InChI is InChI=1S/C23H28N4O6S/c1-15(2)11-18(27-23(30)20-12-16-7-3-4-8-19(16)33-20)22(29)25-13-17(28)14-26-34(31,32)21-9-5-6-10-24-21/h3-10,12,15,17-18,26,28H,11,13-14H2,1-2H3,(H,25,29)(H,27,30)/t17?,18-/m0/s1. The van der Waals surface area contributed by atoms with Crippen molar-refractivity contribution in [2.75, 3.05) is 13.1 Å². The lowest BCUT2D eigenvalue weighted by Crippen LogP contribution is -2.49. The third-order valence-corrected chi connectivity index (χ3v) is 6.25.